The number of aromatic amines is 1. The lowest BCUT2D eigenvalue weighted by Crippen LogP contribution is -2.64. The van der Waals surface area contributed by atoms with E-state index in [-0.39, 0.29) is 30.0 Å². The zero-order valence-electron chi connectivity index (χ0n) is 39.4. The monoisotopic (exact) mass is 935 g/mol. The SMILES string of the molecule is C=C(NC(=O)/C=C\C=C\CCCC1=CC(=O)OC(C(O)NC(=O)/C(C)=C\C(C)NC(=O)/C=C\C=C\C)C1)C(=O)NC(C(=O)N1C(=O)[C@@H](Cc2c[nH]c3ccccc23)N(C)C(=O)/C1=C/C)C(C)OC. The highest BCUT2D eigenvalue weighted by molar-refractivity contribution is 6.14. The van der Waals surface area contributed by atoms with E-state index >= 15 is 0 Å². The number of hydrogen-bond donors (Lipinski definition) is 6. The molecular formula is C50H61N7O11. The molecule has 18 heteroatoms. The number of nitrogens with one attached hydrogen (secondary N) is 5. The summed E-state index contributed by atoms with van der Waals surface area (Å²) in [7, 11) is 2.81. The highest BCUT2D eigenvalue weighted by Crippen LogP contribution is 2.27. The van der Waals surface area contributed by atoms with Crippen molar-refractivity contribution in [2.45, 2.75) is 103 Å². The molecule has 1 saturated heterocycles. The van der Waals surface area contributed by atoms with Crippen LogP contribution in [0.1, 0.15) is 65.9 Å². The molecule has 1 aromatic carbocycles. The molecule has 1 aromatic heterocycles. The molecule has 2 aliphatic heterocycles. The Morgan fingerprint density at radius 1 is 0.985 bits per heavy atom. The van der Waals surface area contributed by atoms with Gasteiger partial charge in [-0.05, 0) is 65.5 Å². The van der Waals surface area contributed by atoms with Crippen molar-refractivity contribution in [3.63, 3.8) is 0 Å². The molecule has 2 aliphatic rings. The molecule has 0 radical (unpaired) electrons. The van der Waals surface area contributed by atoms with E-state index in [2.05, 4.69) is 32.8 Å². The summed E-state index contributed by atoms with van der Waals surface area (Å²) in [6.07, 6.45) is 16.9. The van der Waals surface area contributed by atoms with Gasteiger partial charge in [-0.15, -0.1) is 0 Å². The summed E-state index contributed by atoms with van der Waals surface area (Å²) in [5.41, 5.74) is 2.00. The number of aliphatic hydroxyl groups excluding tert-OH is 1. The number of unbranched alkanes of at least 4 members (excludes halogenated alkanes) is 1. The number of amides is 7. The number of likely N-dealkylation sites (N-methyl/N-ethyl adjacent to an activating group) is 1. The smallest absolute Gasteiger partial charge is 0.331 e. The van der Waals surface area contributed by atoms with E-state index in [9.17, 15) is 43.5 Å². The summed E-state index contributed by atoms with van der Waals surface area (Å²) in [6.45, 7) is 11.7. The van der Waals surface area contributed by atoms with Gasteiger partial charge >= 0.3 is 5.97 Å². The van der Waals surface area contributed by atoms with Gasteiger partial charge in [-0.1, -0.05) is 79.0 Å². The first-order chi connectivity index (χ1) is 32.4. The van der Waals surface area contributed by atoms with Gasteiger partial charge in [-0.25, -0.2) is 9.69 Å². The van der Waals surface area contributed by atoms with Crippen LogP contribution in [0.25, 0.3) is 10.9 Å². The van der Waals surface area contributed by atoms with Crippen LogP contribution in [0.3, 0.4) is 0 Å². The van der Waals surface area contributed by atoms with Crippen molar-refractivity contribution in [1.29, 1.82) is 0 Å². The Morgan fingerprint density at radius 2 is 1.69 bits per heavy atom. The summed E-state index contributed by atoms with van der Waals surface area (Å²) in [5, 5.41) is 21.6. The number of esters is 1. The van der Waals surface area contributed by atoms with Crippen molar-refractivity contribution in [1.82, 2.24) is 36.1 Å². The predicted octanol–water partition coefficient (Wildman–Crippen LogP) is 3.50. The summed E-state index contributed by atoms with van der Waals surface area (Å²) in [5.74, 6) is -5.36. The van der Waals surface area contributed by atoms with Gasteiger partial charge in [-0.2, -0.15) is 0 Å². The Hall–Kier alpha value is -7.44. The van der Waals surface area contributed by atoms with Crippen LogP contribution < -0.4 is 21.3 Å². The van der Waals surface area contributed by atoms with Crippen molar-refractivity contribution in [3.05, 3.63) is 132 Å². The van der Waals surface area contributed by atoms with Crippen LogP contribution in [0.15, 0.2) is 126 Å². The fourth-order valence-corrected chi connectivity index (χ4v) is 7.38. The Bertz CT molecular complexity index is 2470. The lowest BCUT2D eigenvalue weighted by molar-refractivity contribution is -0.158. The topological polar surface area (TPSA) is 246 Å². The molecule has 18 nitrogen and oxygen atoms in total. The number of rotatable bonds is 21. The first-order valence-corrected chi connectivity index (χ1v) is 22.1. The van der Waals surface area contributed by atoms with Gasteiger partial charge in [-0.3, -0.25) is 33.6 Å². The maximum Gasteiger partial charge on any atom is 0.331 e. The molecule has 2 aromatic rings. The van der Waals surface area contributed by atoms with Crippen molar-refractivity contribution < 1.29 is 52.9 Å². The van der Waals surface area contributed by atoms with Crippen LogP contribution in [-0.2, 0) is 54.3 Å². The Labute approximate surface area is 395 Å². The number of aliphatic hydroxyl groups is 1. The number of aromatic nitrogens is 1. The quantitative estimate of drug-likeness (QED) is 0.0348. The van der Waals surface area contributed by atoms with Crippen LogP contribution in [-0.4, -0.2) is 118 Å². The van der Waals surface area contributed by atoms with Crippen LogP contribution in [0, 0.1) is 0 Å². The van der Waals surface area contributed by atoms with E-state index in [1.807, 2.05) is 31.2 Å². The van der Waals surface area contributed by atoms with Crippen molar-refractivity contribution >= 4 is 58.2 Å². The molecule has 5 unspecified atom stereocenters. The zero-order valence-corrected chi connectivity index (χ0v) is 39.4. The molecule has 0 aliphatic carbocycles. The average Bonchev–Trinajstić information content (AvgIpc) is 3.72. The third-order valence-electron chi connectivity index (χ3n) is 11.1. The maximum atomic E-state index is 14.2. The third-order valence-corrected chi connectivity index (χ3v) is 11.1. The van der Waals surface area contributed by atoms with Crippen LogP contribution in [0.5, 0.6) is 0 Å². The summed E-state index contributed by atoms with van der Waals surface area (Å²) in [4.78, 5) is 110. The predicted molar refractivity (Wildman–Crippen MR) is 254 cm³/mol. The number of fused-ring (bicyclic) bond motifs is 1. The number of H-pyrrole nitrogens is 1. The summed E-state index contributed by atoms with van der Waals surface area (Å²) in [6, 6.07) is 4.51. The maximum absolute atomic E-state index is 14.2. The number of para-hydroxylation sites is 1. The normalized spacial score (nSPS) is 19.4. The fourth-order valence-electron chi connectivity index (χ4n) is 7.38. The number of cyclic esters (lactones) is 1. The molecule has 68 heavy (non-hydrogen) atoms. The van der Waals surface area contributed by atoms with E-state index in [4.69, 9.17) is 9.47 Å². The number of carbonyl (C=O) groups is 8. The summed E-state index contributed by atoms with van der Waals surface area (Å²) < 4.78 is 10.7. The zero-order chi connectivity index (χ0) is 50.1. The third kappa shape index (κ3) is 14.5. The van der Waals surface area contributed by atoms with Crippen molar-refractivity contribution in [2.75, 3.05) is 14.2 Å². The second-order valence-electron chi connectivity index (χ2n) is 16.2. The number of benzene rings is 1. The first-order valence-electron chi connectivity index (χ1n) is 22.1. The lowest BCUT2D eigenvalue weighted by atomic mass is 9.98. The average molecular weight is 936 g/mol. The number of hydrogen-bond acceptors (Lipinski definition) is 11. The molecule has 0 bridgehead atoms. The van der Waals surface area contributed by atoms with Gasteiger partial charge in [0, 0.05) is 73.9 Å². The molecule has 7 amide bonds. The second-order valence-corrected chi connectivity index (χ2v) is 16.2. The van der Waals surface area contributed by atoms with E-state index in [1.165, 1.54) is 70.2 Å². The van der Waals surface area contributed by atoms with Gasteiger partial charge in [0.25, 0.3) is 23.6 Å². The molecule has 0 spiro atoms. The van der Waals surface area contributed by atoms with Crippen LogP contribution >= 0.6 is 0 Å². The van der Waals surface area contributed by atoms with Gasteiger partial charge in [0.05, 0.1) is 11.8 Å². The Balaban J connectivity index is 1.26. The van der Waals surface area contributed by atoms with Gasteiger partial charge in [0.15, 0.2) is 12.3 Å². The number of imide groups is 1. The molecule has 1 fully saturated rings. The van der Waals surface area contributed by atoms with Crippen molar-refractivity contribution in [3.8, 4) is 0 Å². The molecular weight excluding hydrogens is 875 g/mol. The number of piperazine rings is 1. The standard InChI is InChI=1S/C50H61N7O11/c1-9-11-15-23-41(58)52-31(4)25-30(3)45(61)55-47(63)40-26-34(27-43(60)68-40)20-16-13-12-14-17-24-42(59)53-32(5)46(62)54-44(33(6)67-8)50(66)57-38(10-2)48(64)56(7)39(49(57)65)28-35-29-51-37-22-19-18-21-36(35)37/h9-12,14-15,17-19,21-25,27,29,31,33,39-40,44,47,51,63H,5,13,16,20,26,28H2,1-4,6-8H3,(H,52,58)(H,53,59)(H,54,62)(H,55,61)/b11-9+,14-12+,23-15-,24-17-,30-25-,38-10-/t31?,33?,39-,40?,44?,47?/m1/s1. The molecule has 0 saturated carbocycles. The van der Waals surface area contributed by atoms with E-state index in [1.54, 1.807) is 43.5 Å². The largest absolute Gasteiger partial charge is 0.454 e. The van der Waals surface area contributed by atoms with E-state index in [0.29, 0.717) is 19.3 Å². The molecule has 4 rings (SSSR count). The van der Waals surface area contributed by atoms with E-state index in [0.717, 1.165) is 33.0 Å². The number of ether oxygens (including phenoxy) is 2. The highest BCUT2D eigenvalue weighted by Gasteiger charge is 2.47. The number of carbonyl (C=O) groups excluding carboxylic acids is 8. The molecule has 362 valence electrons. The molecule has 6 atom stereocenters. The van der Waals surface area contributed by atoms with Crippen LogP contribution in [0.4, 0.5) is 0 Å². The first kappa shape index (κ1) is 53.2. The van der Waals surface area contributed by atoms with Crippen LogP contribution in [0.2, 0.25) is 0 Å². The van der Waals surface area contributed by atoms with Crippen molar-refractivity contribution in [2.24, 2.45) is 0 Å². The van der Waals surface area contributed by atoms with Gasteiger partial charge < -0.3 is 45.7 Å². The minimum absolute atomic E-state index is 0.112. The molecule has 3 heterocycles. The van der Waals surface area contributed by atoms with Gasteiger partial charge in [0.1, 0.15) is 17.8 Å². The Morgan fingerprint density at radius 3 is 2.40 bits per heavy atom. The fraction of sp³-hybridized carbons (Fsp3) is 0.360. The van der Waals surface area contributed by atoms with Gasteiger partial charge in [0.2, 0.25) is 17.7 Å². The number of nitrogens with zero attached hydrogens (tertiary/aromatic N) is 2. The second kappa shape index (κ2) is 25.5. The number of allylic oxidation sites excluding steroid dienone is 7. The highest BCUT2D eigenvalue weighted by atomic mass is 16.6. The van der Waals surface area contributed by atoms with E-state index < -0.39 is 83.7 Å². The minimum Gasteiger partial charge on any atom is -0.454 e. The minimum atomic E-state index is -1.48. The lowest BCUT2D eigenvalue weighted by Gasteiger charge is -2.40. The Kier molecular flexibility index (Phi) is 19.9. The number of methoxy groups -OCH3 is 1. The summed E-state index contributed by atoms with van der Waals surface area (Å²) >= 11 is 0. The molecule has 6 N–H and O–H groups in total.